The number of amides is 3. The standard InChI is InChI=1S/C4H4N2O4S/c7-2-1-11-4(10)6(2)5-3(8)9/h5H,1H2,(H,8,9). The van der Waals surface area contributed by atoms with Crippen LogP contribution in [0.3, 0.4) is 0 Å². The van der Waals surface area contributed by atoms with E-state index in [-0.39, 0.29) is 5.75 Å². The Morgan fingerprint density at radius 2 is 2.27 bits per heavy atom. The molecule has 3 amide bonds. The van der Waals surface area contributed by atoms with E-state index in [1.807, 2.05) is 0 Å². The molecule has 0 spiro atoms. The fourth-order valence-corrected chi connectivity index (χ4v) is 1.21. The van der Waals surface area contributed by atoms with Gasteiger partial charge in [-0.05, 0) is 0 Å². The predicted octanol–water partition coefficient (Wildman–Crippen LogP) is -0.136. The maximum absolute atomic E-state index is 10.7. The Balaban J connectivity index is 2.62. The summed E-state index contributed by atoms with van der Waals surface area (Å²) in [5.74, 6) is -0.540. The van der Waals surface area contributed by atoms with Crippen LogP contribution in [-0.4, -0.2) is 33.1 Å². The first-order valence-electron chi connectivity index (χ1n) is 2.60. The van der Waals surface area contributed by atoms with Crippen molar-refractivity contribution in [3.05, 3.63) is 0 Å². The molecule has 0 atom stereocenters. The van der Waals surface area contributed by atoms with Crippen molar-refractivity contribution >= 4 is 29.0 Å². The lowest BCUT2D eigenvalue weighted by Gasteiger charge is -2.09. The maximum atomic E-state index is 10.7. The number of thioether (sulfide) groups is 1. The summed E-state index contributed by atoms with van der Waals surface area (Å²) in [5.41, 5.74) is 1.67. The van der Waals surface area contributed by atoms with Crippen LogP contribution in [0.5, 0.6) is 0 Å². The number of imide groups is 1. The van der Waals surface area contributed by atoms with E-state index in [2.05, 4.69) is 0 Å². The molecule has 1 rings (SSSR count). The molecule has 0 radical (unpaired) electrons. The summed E-state index contributed by atoms with van der Waals surface area (Å²) in [6.07, 6.45) is -1.42. The van der Waals surface area contributed by atoms with Gasteiger partial charge in [-0.25, -0.2) is 10.2 Å². The maximum Gasteiger partial charge on any atom is 0.424 e. The molecule has 7 heteroatoms. The third kappa shape index (κ3) is 1.61. The Morgan fingerprint density at radius 1 is 1.64 bits per heavy atom. The highest BCUT2D eigenvalue weighted by Crippen LogP contribution is 2.15. The van der Waals surface area contributed by atoms with Crippen molar-refractivity contribution in [3.63, 3.8) is 0 Å². The zero-order valence-electron chi connectivity index (χ0n) is 5.23. The lowest BCUT2D eigenvalue weighted by atomic mass is 10.7. The van der Waals surface area contributed by atoms with Gasteiger partial charge in [-0.3, -0.25) is 9.59 Å². The van der Waals surface area contributed by atoms with Crippen molar-refractivity contribution in [2.75, 3.05) is 5.75 Å². The zero-order valence-corrected chi connectivity index (χ0v) is 6.05. The minimum Gasteiger partial charge on any atom is -0.464 e. The van der Waals surface area contributed by atoms with Gasteiger partial charge in [-0.1, -0.05) is 11.8 Å². The fraction of sp³-hybridized carbons (Fsp3) is 0.250. The van der Waals surface area contributed by atoms with Crippen molar-refractivity contribution in [1.29, 1.82) is 0 Å². The second-order valence-electron chi connectivity index (χ2n) is 1.70. The number of nitrogens with one attached hydrogen (secondary N) is 1. The van der Waals surface area contributed by atoms with E-state index in [0.717, 1.165) is 11.8 Å². The summed E-state index contributed by atoms with van der Waals surface area (Å²) >= 11 is 0.767. The van der Waals surface area contributed by atoms with Crippen LogP contribution >= 0.6 is 11.8 Å². The molecule has 6 nitrogen and oxygen atoms in total. The first-order chi connectivity index (χ1) is 5.11. The number of nitrogens with zero attached hydrogens (tertiary/aromatic N) is 1. The van der Waals surface area contributed by atoms with Gasteiger partial charge in [-0.15, -0.1) is 0 Å². The van der Waals surface area contributed by atoms with Gasteiger partial charge in [0, 0.05) is 0 Å². The zero-order chi connectivity index (χ0) is 8.43. The Kier molecular flexibility index (Phi) is 1.99. The first-order valence-corrected chi connectivity index (χ1v) is 3.59. The van der Waals surface area contributed by atoms with Crippen molar-refractivity contribution < 1.29 is 19.5 Å². The van der Waals surface area contributed by atoms with Gasteiger partial charge in [0.05, 0.1) is 5.75 Å². The molecule has 0 aliphatic carbocycles. The average molecular weight is 176 g/mol. The molecule has 1 aliphatic heterocycles. The van der Waals surface area contributed by atoms with Gasteiger partial charge in [0.15, 0.2) is 0 Å². The fourth-order valence-electron chi connectivity index (χ4n) is 0.558. The predicted molar refractivity (Wildman–Crippen MR) is 35.9 cm³/mol. The average Bonchev–Trinajstić information content (AvgIpc) is 2.18. The summed E-state index contributed by atoms with van der Waals surface area (Å²) in [5, 5.41) is 8.04. The molecule has 0 aromatic rings. The molecule has 1 saturated heterocycles. The van der Waals surface area contributed by atoms with E-state index in [4.69, 9.17) is 5.11 Å². The molecule has 1 aliphatic rings. The Hall–Kier alpha value is -1.24. The number of hydrogen-bond acceptors (Lipinski definition) is 4. The number of carbonyl (C=O) groups is 3. The SMILES string of the molecule is O=C(O)NN1C(=O)CSC1=O. The molecule has 1 heterocycles. The molecule has 11 heavy (non-hydrogen) atoms. The Bertz CT molecular complexity index is 212. The molecule has 0 aromatic heterocycles. The highest BCUT2D eigenvalue weighted by atomic mass is 32.2. The van der Waals surface area contributed by atoms with Gasteiger partial charge in [-0.2, -0.15) is 5.01 Å². The second-order valence-corrected chi connectivity index (χ2v) is 2.63. The van der Waals surface area contributed by atoms with E-state index < -0.39 is 17.2 Å². The summed E-state index contributed by atoms with van der Waals surface area (Å²) < 4.78 is 0. The topological polar surface area (TPSA) is 86.7 Å². The molecule has 0 bridgehead atoms. The normalized spacial score (nSPS) is 17.3. The summed E-state index contributed by atoms with van der Waals surface area (Å²) in [4.78, 5) is 31.3. The minimum absolute atomic E-state index is 0.000880. The number of carbonyl (C=O) groups excluding carboxylic acids is 2. The van der Waals surface area contributed by atoms with Crippen LogP contribution in [-0.2, 0) is 4.79 Å². The Labute approximate surface area is 65.5 Å². The van der Waals surface area contributed by atoms with Crippen LogP contribution < -0.4 is 5.43 Å². The molecule has 0 aromatic carbocycles. The van der Waals surface area contributed by atoms with Gasteiger partial charge in [0.2, 0.25) is 0 Å². The van der Waals surface area contributed by atoms with Crippen LogP contribution in [0.1, 0.15) is 0 Å². The lowest BCUT2D eigenvalue weighted by molar-refractivity contribution is -0.126. The lowest BCUT2D eigenvalue weighted by Crippen LogP contribution is -2.44. The quantitative estimate of drug-likeness (QED) is 0.580. The largest absolute Gasteiger partial charge is 0.464 e. The first kappa shape index (κ1) is 7.86. The number of hydrogen-bond donors (Lipinski definition) is 2. The van der Waals surface area contributed by atoms with Gasteiger partial charge in [0.1, 0.15) is 0 Å². The summed E-state index contributed by atoms with van der Waals surface area (Å²) in [6, 6.07) is 0. The third-order valence-electron chi connectivity index (χ3n) is 0.959. The Morgan fingerprint density at radius 3 is 2.64 bits per heavy atom. The number of carboxylic acid groups (broad SMARTS) is 1. The molecular weight excluding hydrogens is 172 g/mol. The van der Waals surface area contributed by atoms with Crippen LogP contribution in [0.4, 0.5) is 9.59 Å². The highest BCUT2D eigenvalue weighted by Gasteiger charge is 2.31. The minimum atomic E-state index is -1.42. The number of hydrazine groups is 1. The van der Waals surface area contributed by atoms with Crippen LogP contribution in [0.25, 0.3) is 0 Å². The second kappa shape index (κ2) is 2.79. The van der Waals surface area contributed by atoms with E-state index in [0.29, 0.717) is 5.01 Å². The van der Waals surface area contributed by atoms with Crippen LogP contribution in [0.2, 0.25) is 0 Å². The molecule has 60 valence electrons. The van der Waals surface area contributed by atoms with E-state index in [1.165, 1.54) is 0 Å². The van der Waals surface area contributed by atoms with Crippen molar-refractivity contribution in [2.45, 2.75) is 0 Å². The third-order valence-corrected chi connectivity index (χ3v) is 1.78. The van der Waals surface area contributed by atoms with Crippen molar-refractivity contribution in [3.8, 4) is 0 Å². The molecule has 1 fully saturated rings. The van der Waals surface area contributed by atoms with Crippen LogP contribution in [0, 0.1) is 0 Å². The smallest absolute Gasteiger partial charge is 0.424 e. The van der Waals surface area contributed by atoms with Crippen molar-refractivity contribution in [1.82, 2.24) is 10.4 Å². The number of rotatable bonds is 1. The van der Waals surface area contributed by atoms with Crippen molar-refractivity contribution in [2.24, 2.45) is 0 Å². The van der Waals surface area contributed by atoms with Gasteiger partial charge < -0.3 is 5.11 Å². The van der Waals surface area contributed by atoms with E-state index in [9.17, 15) is 14.4 Å². The molecule has 0 saturated carbocycles. The molecular formula is C4H4N2O4S. The molecule has 2 N–H and O–H groups in total. The highest BCUT2D eigenvalue weighted by molar-refractivity contribution is 8.14. The van der Waals surface area contributed by atoms with Crippen LogP contribution in [0.15, 0.2) is 0 Å². The summed E-state index contributed by atoms with van der Waals surface area (Å²) in [6.45, 7) is 0. The molecule has 0 unspecified atom stereocenters. The van der Waals surface area contributed by atoms with E-state index in [1.54, 1.807) is 5.43 Å². The van der Waals surface area contributed by atoms with Gasteiger partial charge in [0.25, 0.3) is 5.91 Å². The monoisotopic (exact) mass is 176 g/mol. The van der Waals surface area contributed by atoms with Gasteiger partial charge >= 0.3 is 11.3 Å². The summed E-state index contributed by atoms with van der Waals surface area (Å²) in [7, 11) is 0. The van der Waals surface area contributed by atoms with E-state index >= 15 is 0 Å².